The second-order valence-electron chi connectivity index (χ2n) is 8.11. The Morgan fingerprint density at radius 2 is 2.13 bits per heavy atom. The first-order chi connectivity index (χ1) is 15.1. The molecule has 0 bridgehead atoms. The van der Waals surface area contributed by atoms with Crippen LogP contribution in [0.5, 0.6) is 0 Å². The number of aromatic nitrogens is 2. The van der Waals surface area contributed by atoms with E-state index in [-0.39, 0.29) is 0 Å². The van der Waals surface area contributed by atoms with Crippen LogP contribution in [-0.2, 0) is 12.8 Å². The summed E-state index contributed by atoms with van der Waals surface area (Å²) in [6.45, 7) is 5.02. The third-order valence-corrected chi connectivity index (χ3v) is 7.01. The van der Waals surface area contributed by atoms with Crippen molar-refractivity contribution in [3.8, 4) is 0 Å². The van der Waals surface area contributed by atoms with E-state index in [1.807, 2.05) is 18.5 Å². The number of hydrogen-bond donors (Lipinski definition) is 3. The van der Waals surface area contributed by atoms with Crippen LogP contribution in [0.1, 0.15) is 47.0 Å². The summed E-state index contributed by atoms with van der Waals surface area (Å²) in [5.74, 6) is 0.490. The molecule has 4 heterocycles. The van der Waals surface area contributed by atoms with Crippen molar-refractivity contribution in [2.75, 3.05) is 30.3 Å². The second-order valence-corrected chi connectivity index (χ2v) is 9.10. The number of anilines is 2. The van der Waals surface area contributed by atoms with Gasteiger partial charge in [-0.15, -0.1) is 11.3 Å². The Hall–Kier alpha value is -2.71. The van der Waals surface area contributed by atoms with Crippen molar-refractivity contribution in [3.05, 3.63) is 46.6 Å². The Balaban J connectivity index is 1.43. The molecule has 3 aromatic rings. The maximum absolute atomic E-state index is 11.8. The normalized spacial score (nSPS) is 14.9. The molecule has 3 aromatic heterocycles. The van der Waals surface area contributed by atoms with Crippen LogP contribution in [0.15, 0.2) is 30.6 Å². The van der Waals surface area contributed by atoms with Gasteiger partial charge < -0.3 is 21.7 Å². The van der Waals surface area contributed by atoms with Crippen LogP contribution in [0.2, 0.25) is 0 Å². The van der Waals surface area contributed by atoms with Gasteiger partial charge in [0.2, 0.25) is 0 Å². The number of amides is 1. The Morgan fingerprint density at radius 1 is 1.32 bits per heavy atom. The summed E-state index contributed by atoms with van der Waals surface area (Å²) >= 11 is 1.30. The predicted molar refractivity (Wildman–Crippen MR) is 128 cm³/mol. The second kappa shape index (κ2) is 9.62. The molecule has 0 unspecified atom stereocenters. The molecule has 0 saturated carbocycles. The van der Waals surface area contributed by atoms with Crippen LogP contribution < -0.4 is 21.7 Å². The van der Waals surface area contributed by atoms with Gasteiger partial charge in [-0.25, -0.2) is 4.98 Å². The van der Waals surface area contributed by atoms with Crippen molar-refractivity contribution in [3.63, 3.8) is 0 Å². The van der Waals surface area contributed by atoms with Crippen LogP contribution in [0.25, 0.3) is 10.2 Å². The zero-order valence-electron chi connectivity index (χ0n) is 17.9. The number of nitrogens with zero attached hydrogens (tertiary/aromatic N) is 3. The molecule has 0 radical (unpaired) electrons. The van der Waals surface area contributed by atoms with E-state index in [9.17, 15) is 4.79 Å². The number of aryl methyl sites for hydroxylation is 1. The lowest BCUT2D eigenvalue weighted by atomic mass is 10.0. The lowest BCUT2D eigenvalue weighted by Gasteiger charge is -2.33. The van der Waals surface area contributed by atoms with Crippen molar-refractivity contribution >= 4 is 39.0 Å². The molecule has 1 saturated heterocycles. The summed E-state index contributed by atoms with van der Waals surface area (Å²) in [4.78, 5) is 24.4. The Bertz CT molecular complexity index is 1040. The van der Waals surface area contributed by atoms with Gasteiger partial charge in [-0.05, 0) is 55.5 Å². The fourth-order valence-corrected chi connectivity index (χ4v) is 5.26. The van der Waals surface area contributed by atoms with E-state index >= 15 is 0 Å². The number of hydrogen-bond acceptors (Lipinski definition) is 7. The maximum atomic E-state index is 11.8. The number of rotatable bonds is 8. The van der Waals surface area contributed by atoms with Crippen LogP contribution in [0.3, 0.4) is 0 Å². The SMILES string of the molecule is CCCc1cc(N2CCC(NCCc3cccnc3)CC2)nc2sc(C(N)=O)c(N)c12. The highest BCUT2D eigenvalue weighted by Gasteiger charge is 2.23. The minimum absolute atomic E-state index is 0.411. The van der Waals surface area contributed by atoms with E-state index in [2.05, 4.69) is 34.3 Å². The summed E-state index contributed by atoms with van der Waals surface area (Å²) in [5, 5.41) is 4.59. The van der Waals surface area contributed by atoms with E-state index in [0.29, 0.717) is 16.6 Å². The largest absolute Gasteiger partial charge is 0.397 e. The van der Waals surface area contributed by atoms with Gasteiger partial charge in [-0.3, -0.25) is 9.78 Å². The van der Waals surface area contributed by atoms with Crippen LogP contribution in [0.4, 0.5) is 11.5 Å². The van der Waals surface area contributed by atoms with Gasteiger partial charge in [0.1, 0.15) is 15.5 Å². The highest BCUT2D eigenvalue weighted by Crippen LogP contribution is 2.37. The molecular formula is C23H30N6OS. The maximum Gasteiger partial charge on any atom is 0.260 e. The van der Waals surface area contributed by atoms with Gasteiger partial charge >= 0.3 is 0 Å². The first-order valence-electron chi connectivity index (χ1n) is 11.0. The van der Waals surface area contributed by atoms with E-state index in [0.717, 1.165) is 73.3 Å². The summed E-state index contributed by atoms with van der Waals surface area (Å²) in [6.07, 6.45) is 8.79. The third-order valence-electron chi connectivity index (χ3n) is 5.90. The van der Waals surface area contributed by atoms with Crippen LogP contribution in [0, 0.1) is 0 Å². The third kappa shape index (κ3) is 4.80. The number of fused-ring (bicyclic) bond motifs is 1. The van der Waals surface area contributed by atoms with Gasteiger partial charge in [-0.1, -0.05) is 19.4 Å². The Morgan fingerprint density at radius 3 is 2.81 bits per heavy atom. The number of nitrogens with two attached hydrogens (primary N) is 2. The first kappa shape index (κ1) is 21.5. The fourth-order valence-electron chi connectivity index (χ4n) is 4.28. The predicted octanol–water partition coefficient (Wildman–Crippen LogP) is 3.13. The molecule has 7 nitrogen and oxygen atoms in total. The average Bonchev–Trinajstić information content (AvgIpc) is 3.12. The molecule has 0 aromatic carbocycles. The van der Waals surface area contributed by atoms with Gasteiger partial charge in [-0.2, -0.15) is 0 Å². The number of carbonyl (C=O) groups excluding carboxylic acids is 1. The molecule has 0 atom stereocenters. The number of primary amides is 1. The number of carbonyl (C=O) groups is 1. The van der Waals surface area contributed by atoms with Crippen molar-refractivity contribution in [2.45, 2.75) is 45.1 Å². The molecule has 1 aliphatic heterocycles. The molecule has 5 N–H and O–H groups in total. The zero-order chi connectivity index (χ0) is 21.8. The van der Waals surface area contributed by atoms with E-state index < -0.39 is 5.91 Å². The lowest BCUT2D eigenvalue weighted by Crippen LogP contribution is -2.43. The monoisotopic (exact) mass is 438 g/mol. The van der Waals surface area contributed by atoms with Gasteiger partial charge in [0.15, 0.2) is 0 Å². The molecular weight excluding hydrogens is 408 g/mol. The van der Waals surface area contributed by atoms with E-state index in [1.54, 1.807) is 0 Å². The molecule has 31 heavy (non-hydrogen) atoms. The van der Waals surface area contributed by atoms with Crippen LogP contribution >= 0.6 is 11.3 Å². The smallest absolute Gasteiger partial charge is 0.260 e. The minimum atomic E-state index is -0.484. The molecule has 1 amide bonds. The molecule has 8 heteroatoms. The number of pyridine rings is 2. The summed E-state index contributed by atoms with van der Waals surface area (Å²) in [7, 11) is 0. The lowest BCUT2D eigenvalue weighted by molar-refractivity contribution is 0.100. The average molecular weight is 439 g/mol. The van der Waals surface area contributed by atoms with Crippen molar-refractivity contribution < 1.29 is 4.79 Å². The standard InChI is InChI=1S/C23H30N6OS/c1-2-4-16-13-18(28-23-19(16)20(24)21(31-23)22(25)30)29-11-7-17(8-12-29)27-10-6-15-5-3-9-26-14-15/h3,5,9,13-14,17,27H,2,4,6-8,10-12,24H2,1H3,(H2,25,30). The van der Waals surface area contributed by atoms with E-state index in [4.69, 9.17) is 16.5 Å². The zero-order valence-corrected chi connectivity index (χ0v) is 18.8. The quantitative estimate of drug-likeness (QED) is 0.498. The summed E-state index contributed by atoms with van der Waals surface area (Å²) in [5.41, 5.74) is 14.7. The van der Waals surface area contributed by atoms with Crippen LogP contribution in [-0.4, -0.2) is 41.6 Å². The first-order valence-corrected chi connectivity index (χ1v) is 11.8. The minimum Gasteiger partial charge on any atom is -0.397 e. The number of thiophene rings is 1. The Labute approximate surface area is 186 Å². The highest BCUT2D eigenvalue weighted by molar-refractivity contribution is 7.21. The van der Waals surface area contributed by atoms with Gasteiger partial charge in [0, 0.05) is 36.9 Å². The van der Waals surface area contributed by atoms with Gasteiger partial charge in [0.05, 0.1) is 5.69 Å². The molecule has 4 rings (SSSR count). The molecule has 0 aliphatic carbocycles. The number of piperidine rings is 1. The highest BCUT2D eigenvalue weighted by atomic mass is 32.1. The molecule has 0 spiro atoms. The Kier molecular flexibility index (Phi) is 6.67. The molecule has 164 valence electrons. The molecule has 1 fully saturated rings. The summed E-state index contributed by atoms with van der Waals surface area (Å²) < 4.78 is 0. The van der Waals surface area contributed by atoms with Crippen molar-refractivity contribution in [2.24, 2.45) is 5.73 Å². The van der Waals surface area contributed by atoms with Gasteiger partial charge in [0.25, 0.3) is 5.91 Å². The molecule has 1 aliphatic rings. The number of nitrogens with one attached hydrogen (secondary N) is 1. The summed E-state index contributed by atoms with van der Waals surface area (Å²) in [6, 6.07) is 6.77. The van der Waals surface area contributed by atoms with E-state index in [1.165, 1.54) is 16.9 Å². The number of nitrogen functional groups attached to an aromatic ring is 1. The van der Waals surface area contributed by atoms with Crippen molar-refractivity contribution in [1.82, 2.24) is 15.3 Å². The fraction of sp³-hybridized carbons (Fsp3) is 0.435. The van der Waals surface area contributed by atoms with Crippen molar-refractivity contribution in [1.29, 1.82) is 0 Å². The topological polar surface area (TPSA) is 110 Å².